The first-order chi connectivity index (χ1) is 13.8. The van der Waals surface area contributed by atoms with Crippen molar-refractivity contribution in [2.75, 3.05) is 39.8 Å². The molecule has 29 heavy (non-hydrogen) atoms. The van der Waals surface area contributed by atoms with E-state index in [0.717, 1.165) is 42.9 Å². The second-order valence-corrected chi connectivity index (χ2v) is 7.11. The minimum Gasteiger partial charge on any atom is -0.486 e. The Balaban J connectivity index is 0.00000240. The van der Waals surface area contributed by atoms with Crippen molar-refractivity contribution in [2.24, 2.45) is 4.99 Å². The molecule has 4 rings (SSSR count). The summed E-state index contributed by atoms with van der Waals surface area (Å²) in [6, 6.07) is 12.0. The number of furan rings is 1. The van der Waals surface area contributed by atoms with Crippen LogP contribution in [0.2, 0.25) is 0 Å². The number of guanidine groups is 1. The van der Waals surface area contributed by atoms with Crippen molar-refractivity contribution >= 4 is 29.9 Å². The Morgan fingerprint density at radius 1 is 1.14 bits per heavy atom. The monoisotopic (exact) mass is 512 g/mol. The number of rotatable bonds is 6. The zero-order valence-corrected chi connectivity index (χ0v) is 19.0. The van der Waals surface area contributed by atoms with Crippen molar-refractivity contribution in [3.8, 4) is 11.5 Å². The lowest BCUT2D eigenvalue weighted by atomic mass is 10.2. The average Bonchev–Trinajstić information content (AvgIpc) is 3.45. The highest BCUT2D eigenvalue weighted by molar-refractivity contribution is 14.0. The fraction of sp³-hybridized carbons (Fsp3) is 0.476. The van der Waals surface area contributed by atoms with Crippen LogP contribution >= 0.6 is 24.0 Å². The van der Waals surface area contributed by atoms with Crippen LogP contribution in [-0.2, 0) is 0 Å². The van der Waals surface area contributed by atoms with E-state index >= 15 is 0 Å². The molecule has 2 N–H and O–H groups in total. The molecule has 158 valence electrons. The van der Waals surface area contributed by atoms with Gasteiger partial charge in [-0.15, -0.1) is 24.0 Å². The lowest BCUT2D eigenvalue weighted by molar-refractivity contribution is 0.0935. The summed E-state index contributed by atoms with van der Waals surface area (Å²) in [6.07, 6.45) is 4.16. The van der Waals surface area contributed by atoms with Crippen molar-refractivity contribution in [2.45, 2.75) is 25.0 Å². The smallest absolute Gasteiger partial charge is 0.191 e. The van der Waals surface area contributed by atoms with Crippen molar-refractivity contribution in [1.82, 2.24) is 15.5 Å². The molecule has 1 aromatic heterocycles. The Kier molecular flexibility index (Phi) is 8.05. The topological polar surface area (TPSA) is 71.3 Å². The first kappa shape index (κ1) is 21.8. The van der Waals surface area contributed by atoms with Crippen molar-refractivity contribution in [3.63, 3.8) is 0 Å². The van der Waals surface area contributed by atoms with Gasteiger partial charge in [0.25, 0.3) is 0 Å². The third-order valence-electron chi connectivity index (χ3n) is 5.20. The molecule has 2 unspecified atom stereocenters. The summed E-state index contributed by atoms with van der Waals surface area (Å²) in [5.41, 5.74) is 0. The van der Waals surface area contributed by atoms with Gasteiger partial charge in [-0.25, -0.2) is 0 Å². The van der Waals surface area contributed by atoms with Gasteiger partial charge in [0, 0.05) is 13.6 Å². The highest BCUT2D eigenvalue weighted by Crippen LogP contribution is 2.30. The van der Waals surface area contributed by atoms with Crippen molar-refractivity contribution in [1.29, 1.82) is 0 Å². The molecule has 1 fully saturated rings. The van der Waals surface area contributed by atoms with Crippen LogP contribution in [0.15, 0.2) is 52.1 Å². The molecule has 2 aliphatic heterocycles. The Bertz CT molecular complexity index is 778. The largest absolute Gasteiger partial charge is 0.486 e. The number of hydrogen-bond donors (Lipinski definition) is 2. The van der Waals surface area contributed by atoms with E-state index in [1.807, 2.05) is 36.4 Å². The number of fused-ring (bicyclic) bond motifs is 1. The van der Waals surface area contributed by atoms with Crippen molar-refractivity contribution < 1.29 is 13.9 Å². The Morgan fingerprint density at radius 2 is 1.93 bits per heavy atom. The molecule has 3 heterocycles. The molecule has 0 saturated carbocycles. The molecule has 0 radical (unpaired) electrons. The van der Waals surface area contributed by atoms with E-state index < -0.39 is 0 Å². The van der Waals surface area contributed by atoms with Gasteiger partial charge >= 0.3 is 0 Å². The molecule has 8 heteroatoms. The maximum atomic E-state index is 6.00. The zero-order chi connectivity index (χ0) is 19.2. The van der Waals surface area contributed by atoms with Crippen LogP contribution in [0.5, 0.6) is 11.5 Å². The predicted molar refractivity (Wildman–Crippen MR) is 123 cm³/mol. The van der Waals surface area contributed by atoms with E-state index in [9.17, 15) is 0 Å². The molecule has 0 aliphatic carbocycles. The Morgan fingerprint density at radius 3 is 2.66 bits per heavy atom. The Hall–Kier alpha value is -1.94. The molecule has 7 nitrogen and oxygen atoms in total. The van der Waals surface area contributed by atoms with Crippen LogP contribution < -0.4 is 20.1 Å². The SMILES string of the molecule is CN=C(NCC1COc2ccccc2O1)NCC(c1ccco1)N1CCCC1.I. The normalized spacial score (nSPS) is 20.0. The first-order valence-corrected chi connectivity index (χ1v) is 9.94. The molecule has 1 aromatic carbocycles. The lowest BCUT2D eigenvalue weighted by Crippen LogP contribution is -2.47. The minimum absolute atomic E-state index is 0. The first-order valence-electron chi connectivity index (χ1n) is 9.94. The lowest BCUT2D eigenvalue weighted by Gasteiger charge is -2.28. The number of nitrogens with zero attached hydrogens (tertiary/aromatic N) is 2. The highest BCUT2D eigenvalue weighted by atomic mass is 127. The summed E-state index contributed by atoms with van der Waals surface area (Å²) in [4.78, 5) is 6.81. The molecule has 0 spiro atoms. The molecule has 2 aromatic rings. The van der Waals surface area contributed by atoms with Gasteiger partial charge in [0.05, 0.1) is 18.8 Å². The van der Waals surface area contributed by atoms with E-state index in [1.54, 1.807) is 13.3 Å². The molecule has 1 saturated heterocycles. The second kappa shape index (κ2) is 10.7. The number of nitrogens with one attached hydrogen (secondary N) is 2. The van der Waals surface area contributed by atoms with Crippen LogP contribution in [0.3, 0.4) is 0 Å². The maximum absolute atomic E-state index is 6.00. The number of halogens is 1. The number of para-hydroxylation sites is 2. The van der Waals surface area contributed by atoms with E-state index in [0.29, 0.717) is 13.2 Å². The summed E-state index contributed by atoms with van der Waals surface area (Å²) in [6.45, 7) is 4.07. The van der Waals surface area contributed by atoms with Gasteiger partial charge in [-0.1, -0.05) is 12.1 Å². The summed E-state index contributed by atoms with van der Waals surface area (Å²) in [7, 11) is 1.78. The average molecular weight is 512 g/mol. The minimum atomic E-state index is -0.0621. The van der Waals surface area contributed by atoms with Crippen LogP contribution in [0.1, 0.15) is 24.6 Å². The summed E-state index contributed by atoms with van der Waals surface area (Å²) < 4.78 is 17.5. The number of ether oxygens (including phenoxy) is 2. The number of likely N-dealkylation sites (tertiary alicyclic amines) is 1. The fourth-order valence-corrected chi connectivity index (χ4v) is 3.73. The van der Waals surface area contributed by atoms with E-state index in [-0.39, 0.29) is 36.1 Å². The molecule has 0 bridgehead atoms. The summed E-state index contributed by atoms with van der Waals surface area (Å²) in [5.74, 6) is 3.33. The van der Waals surface area contributed by atoms with Gasteiger partial charge in [-0.05, 0) is 50.2 Å². The van der Waals surface area contributed by atoms with Gasteiger partial charge < -0.3 is 24.5 Å². The number of benzene rings is 1. The van der Waals surface area contributed by atoms with Crippen molar-refractivity contribution in [3.05, 3.63) is 48.4 Å². The predicted octanol–water partition coefficient (Wildman–Crippen LogP) is 3.04. The van der Waals surface area contributed by atoms with Crippen LogP contribution in [0.4, 0.5) is 0 Å². The fourth-order valence-electron chi connectivity index (χ4n) is 3.73. The van der Waals surface area contributed by atoms with Gasteiger partial charge in [-0.3, -0.25) is 9.89 Å². The quantitative estimate of drug-likeness (QED) is 0.353. The van der Waals surface area contributed by atoms with Gasteiger partial charge in [0.15, 0.2) is 17.5 Å². The van der Waals surface area contributed by atoms with Gasteiger partial charge in [0.2, 0.25) is 0 Å². The molecular weight excluding hydrogens is 483 g/mol. The molecule has 2 atom stereocenters. The number of aliphatic imine (C=N–C) groups is 1. The van der Waals surface area contributed by atoms with Crippen LogP contribution in [-0.4, -0.2) is 56.8 Å². The van der Waals surface area contributed by atoms with Crippen LogP contribution in [0.25, 0.3) is 0 Å². The van der Waals surface area contributed by atoms with E-state index in [1.165, 1.54) is 12.8 Å². The van der Waals surface area contributed by atoms with Gasteiger partial charge in [-0.2, -0.15) is 0 Å². The van der Waals surface area contributed by atoms with Crippen LogP contribution in [0, 0.1) is 0 Å². The summed E-state index contributed by atoms with van der Waals surface area (Å²) >= 11 is 0. The zero-order valence-electron chi connectivity index (χ0n) is 16.7. The van der Waals surface area contributed by atoms with E-state index in [2.05, 4.69) is 20.5 Å². The van der Waals surface area contributed by atoms with Gasteiger partial charge in [0.1, 0.15) is 18.5 Å². The highest BCUT2D eigenvalue weighted by Gasteiger charge is 2.26. The second-order valence-electron chi connectivity index (χ2n) is 7.11. The molecular formula is C21H29IN4O3. The maximum Gasteiger partial charge on any atom is 0.191 e. The third-order valence-corrected chi connectivity index (χ3v) is 5.20. The standard InChI is InChI=1S/C21H28N4O3.HI/c1-22-21(23-13-16-15-27-19-7-2-3-8-20(19)28-16)24-14-17(18-9-6-12-26-18)25-10-4-5-11-25;/h2-3,6-9,12,16-17H,4-5,10-11,13-15H2,1H3,(H2,22,23,24);1H. The third kappa shape index (κ3) is 5.57. The number of hydrogen-bond acceptors (Lipinski definition) is 5. The molecule has 0 amide bonds. The Labute approximate surface area is 188 Å². The molecule has 2 aliphatic rings. The van der Waals surface area contributed by atoms with E-state index in [4.69, 9.17) is 13.9 Å². The summed E-state index contributed by atoms with van der Waals surface area (Å²) in [5, 5.41) is 6.78.